The number of amides is 2. The van der Waals surface area contributed by atoms with Crippen molar-refractivity contribution in [2.45, 2.75) is 25.7 Å². The molecule has 1 aromatic carbocycles. The van der Waals surface area contributed by atoms with Crippen LogP contribution in [0, 0.1) is 6.92 Å². The summed E-state index contributed by atoms with van der Waals surface area (Å²) in [6, 6.07) is 5.68. The number of carbonyl (C=O) groups excluding carboxylic acids is 1. The molecule has 0 bridgehead atoms. The summed E-state index contributed by atoms with van der Waals surface area (Å²) in [4.78, 5) is 18.8. The van der Waals surface area contributed by atoms with Crippen LogP contribution in [0.3, 0.4) is 0 Å². The molecule has 2 amide bonds. The van der Waals surface area contributed by atoms with Gasteiger partial charge in [0, 0.05) is 44.1 Å². The Balaban J connectivity index is 1.47. The Bertz CT molecular complexity index is 915. The van der Waals surface area contributed by atoms with Gasteiger partial charge in [-0.3, -0.25) is 4.68 Å². The van der Waals surface area contributed by atoms with Gasteiger partial charge in [0.1, 0.15) is 0 Å². The van der Waals surface area contributed by atoms with Gasteiger partial charge in [-0.1, -0.05) is 5.16 Å². The smallest absolute Gasteiger partial charge is 0.321 e. The van der Waals surface area contributed by atoms with E-state index in [1.807, 2.05) is 36.3 Å². The highest BCUT2D eigenvalue weighted by Gasteiger charge is 2.27. The van der Waals surface area contributed by atoms with Crippen molar-refractivity contribution < 1.29 is 9.32 Å². The Morgan fingerprint density at radius 3 is 3.08 bits per heavy atom. The molecule has 1 fully saturated rings. The maximum absolute atomic E-state index is 12.6. The minimum Gasteiger partial charge on any atom is -0.340 e. The van der Waals surface area contributed by atoms with E-state index < -0.39 is 0 Å². The highest BCUT2D eigenvalue weighted by Crippen LogP contribution is 2.26. The largest absolute Gasteiger partial charge is 0.340 e. The third-order valence-electron chi connectivity index (χ3n) is 4.62. The number of nitrogens with one attached hydrogen (secondary N) is 1. The monoisotopic (exact) mass is 340 g/mol. The molecule has 1 aliphatic rings. The van der Waals surface area contributed by atoms with E-state index in [1.165, 1.54) is 0 Å². The number of rotatable bonds is 2. The van der Waals surface area contributed by atoms with Gasteiger partial charge in [0.25, 0.3) is 0 Å². The Morgan fingerprint density at radius 1 is 1.40 bits per heavy atom. The number of likely N-dealkylation sites (tertiary alicyclic amines) is 1. The van der Waals surface area contributed by atoms with E-state index in [2.05, 4.69) is 20.6 Å². The molecular formula is C17H20N6O2. The maximum atomic E-state index is 12.6. The first kappa shape index (κ1) is 15.6. The van der Waals surface area contributed by atoms with Gasteiger partial charge in [0.2, 0.25) is 5.89 Å². The summed E-state index contributed by atoms with van der Waals surface area (Å²) >= 11 is 0. The molecule has 1 aliphatic heterocycles. The first-order chi connectivity index (χ1) is 12.1. The standard InChI is InChI=1S/C17H20N6O2/c1-11-19-16(21-25-11)13-4-3-7-23(10-13)17(24)20-14-6-5-12-9-18-22(2)15(12)8-14/h5-6,8-9,13H,3-4,7,10H2,1-2H3,(H,20,24). The van der Waals surface area contributed by atoms with Crippen LogP contribution in [-0.4, -0.2) is 43.9 Å². The van der Waals surface area contributed by atoms with Crippen molar-refractivity contribution in [2.75, 3.05) is 18.4 Å². The van der Waals surface area contributed by atoms with Gasteiger partial charge < -0.3 is 14.7 Å². The van der Waals surface area contributed by atoms with E-state index >= 15 is 0 Å². The zero-order chi connectivity index (χ0) is 17.4. The molecule has 2 aromatic heterocycles. The molecule has 8 heteroatoms. The van der Waals surface area contributed by atoms with Crippen LogP contribution < -0.4 is 5.32 Å². The summed E-state index contributed by atoms with van der Waals surface area (Å²) in [7, 11) is 1.88. The molecule has 1 saturated heterocycles. The Labute approximate surface area is 144 Å². The van der Waals surface area contributed by atoms with Crippen molar-refractivity contribution in [1.82, 2.24) is 24.8 Å². The molecule has 1 N–H and O–H groups in total. The number of hydrogen-bond donors (Lipinski definition) is 1. The summed E-state index contributed by atoms with van der Waals surface area (Å²) < 4.78 is 6.86. The third kappa shape index (κ3) is 3.07. The van der Waals surface area contributed by atoms with Crippen LogP contribution in [0.25, 0.3) is 10.9 Å². The van der Waals surface area contributed by atoms with Gasteiger partial charge in [-0.25, -0.2) is 4.79 Å². The number of nitrogens with zero attached hydrogens (tertiary/aromatic N) is 5. The van der Waals surface area contributed by atoms with Crippen LogP contribution in [0.5, 0.6) is 0 Å². The number of benzene rings is 1. The normalized spacial score (nSPS) is 17.8. The van der Waals surface area contributed by atoms with E-state index in [4.69, 9.17) is 4.52 Å². The molecule has 4 rings (SSSR count). The highest BCUT2D eigenvalue weighted by atomic mass is 16.5. The van der Waals surface area contributed by atoms with E-state index in [1.54, 1.807) is 11.6 Å². The molecule has 8 nitrogen and oxygen atoms in total. The quantitative estimate of drug-likeness (QED) is 0.775. The van der Waals surface area contributed by atoms with Crippen molar-refractivity contribution in [2.24, 2.45) is 7.05 Å². The number of anilines is 1. The average Bonchev–Trinajstić information content (AvgIpc) is 3.21. The highest BCUT2D eigenvalue weighted by molar-refractivity contribution is 5.92. The Hall–Kier alpha value is -2.90. The second-order valence-electron chi connectivity index (χ2n) is 6.43. The van der Waals surface area contributed by atoms with Crippen LogP contribution in [0.15, 0.2) is 28.9 Å². The topological polar surface area (TPSA) is 89.1 Å². The fourth-order valence-electron chi connectivity index (χ4n) is 3.28. The molecule has 1 unspecified atom stereocenters. The summed E-state index contributed by atoms with van der Waals surface area (Å²) in [5.74, 6) is 1.36. The van der Waals surface area contributed by atoms with Gasteiger partial charge >= 0.3 is 6.03 Å². The number of carbonyl (C=O) groups is 1. The first-order valence-corrected chi connectivity index (χ1v) is 8.38. The molecule has 0 spiro atoms. The SMILES string of the molecule is Cc1nc(C2CCCN(C(=O)Nc3ccc4cnn(C)c4c3)C2)no1. The molecule has 1 atom stereocenters. The van der Waals surface area contributed by atoms with E-state index in [9.17, 15) is 4.79 Å². The van der Waals surface area contributed by atoms with Crippen molar-refractivity contribution >= 4 is 22.6 Å². The van der Waals surface area contributed by atoms with E-state index in [0.717, 1.165) is 36.0 Å². The van der Waals surface area contributed by atoms with Gasteiger partial charge in [-0.05, 0) is 31.0 Å². The maximum Gasteiger partial charge on any atom is 0.321 e. The van der Waals surface area contributed by atoms with Crippen molar-refractivity contribution in [3.63, 3.8) is 0 Å². The number of aryl methyl sites for hydroxylation is 2. The number of fused-ring (bicyclic) bond motifs is 1. The van der Waals surface area contributed by atoms with Crippen molar-refractivity contribution in [3.05, 3.63) is 36.1 Å². The van der Waals surface area contributed by atoms with Gasteiger partial charge in [0.05, 0.1) is 11.7 Å². The van der Waals surface area contributed by atoms with Crippen LogP contribution in [0.2, 0.25) is 0 Å². The summed E-state index contributed by atoms with van der Waals surface area (Å²) in [5, 5.41) is 12.2. The fourth-order valence-corrected chi connectivity index (χ4v) is 3.28. The van der Waals surface area contributed by atoms with Crippen molar-refractivity contribution in [1.29, 1.82) is 0 Å². The molecule has 0 radical (unpaired) electrons. The summed E-state index contributed by atoms with van der Waals surface area (Å²) in [6.07, 6.45) is 3.69. The Morgan fingerprint density at radius 2 is 2.28 bits per heavy atom. The van der Waals surface area contributed by atoms with Gasteiger partial charge in [0.15, 0.2) is 5.82 Å². The number of piperidine rings is 1. The second-order valence-corrected chi connectivity index (χ2v) is 6.43. The first-order valence-electron chi connectivity index (χ1n) is 8.38. The molecule has 130 valence electrons. The lowest BCUT2D eigenvalue weighted by molar-refractivity contribution is 0.190. The second kappa shape index (κ2) is 6.19. The lowest BCUT2D eigenvalue weighted by atomic mass is 9.98. The van der Waals surface area contributed by atoms with Gasteiger partial charge in [-0.2, -0.15) is 10.1 Å². The van der Waals surface area contributed by atoms with Crippen molar-refractivity contribution in [3.8, 4) is 0 Å². The fraction of sp³-hybridized carbons (Fsp3) is 0.412. The van der Waals surface area contributed by atoms with Crippen LogP contribution >= 0.6 is 0 Å². The minimum absolute atomic E-state index is 0.105. The lowest BCUT2D eigenvalue weighted by Gasteiger charge is -2.31. The zero-order valence-corrected chi connectivity index (χ0v) is 14.3. The van der Waals surface area contributed by atoms with E-state index in [-0.39, 0.29) is 11.9 Å². The van der Waals surface area contributed by atoms with Crippen LogP contribution in [-0.2, 0) is 7.05 Å². The Kier molecular flexibility index (Phi) is 3.87. The van der Waals surface area contributed by atoms with E-state index in [0.29, 0.717) is 18.3 Å². The molecule has 3 aromatic rings. The summed E-state index contributed by atoms with van der Waals surface area (Å²) in [5.41, 5.74) is 1.75. The number of hydrogen-bond acceptors (Lipinski definition) is 5. The zero-order valence-electron chi connectivity index (χ0n) is 14.3. The van der Waals surface area contributed by atoms with Crippen LogP contribution in [0.1, 0.15) is 30.5 Å². The van der Waals surface area contributed by atoms with Crippen LogP contribution in [0.4, 0.5) is 10.5 Å². The molecule has 3 heterocycles. The lowest BCUT2D eigenvalue weighted by Crippen LogP contribution is -2.41. The average molecular weight is 340 g/mol. The predicted octanol–water partition coefficient (Wildman–Crippen LogP) is 2.68. The molecule has 25 heavy (non-hydrogen) atoms. The predicted molar refractivity (Wildman–Crippen MR) is 92.3 cm³/mol. The molecule has 0 aliphatic carbocycles. The number of urea groups is 1. The number of aromatic nitrogens is 4. The molecular weight excluding hydrogens is 320 g/mol. The molecule has 0 saturated carbocycles. The third-order valence-corrected chi connectivity index (χ3v) is 4.62. The minimum atomic E-state index is -0.105. The summed E-state index contributed by atoms with van der Waals surface area (Å²) in [6.45, 7) is 3.10. The van der Waals surface area contributed by atoms with Gasteiger partial charge in [-0.15, -0.1) is 0 Å².